The number of halogens is 1. The fraction of sp³-hybridized carbons (Fsp3) is 0. The first-order valence-corrected chi connectivity index (χ1v) is 6.11. The van der Waals surface area contributed by atoms with Gasteiger partial charge in [0.25, 0.3) is 0 Å². The number of nitrogens with two attached hydrogens (primary N) is 1. The second-order valence-electron chi connectivity index (χ2n) is 4.10. The molecule has 3 N–H and O–H groups in total. The molecule has 3 nitrogen and oxygen atoms in total. The number of nitrogen functional groups attached to an aromatic ring is 1. The fourth-order valence-corrected chi connectivity index (χ4v) is 2.02. The van der Waals surface area contributed by atoms with Gasteiger partial charge in [-0.15, -0.1) is 0 Å². The molecular formula is C15H10ClN3. The Morgan fingerprint density at radius 2 is 1.89 bits per heavy atom. The van der Waals surface area contributed by atoms with Crippen molar-refractivity contribution in [3.05, 3.63) is 58.9 Å². The van der Waals surface area contributed by atoms with E-state index in [1.54, 1.807) is 12.4 Å². The summed E-state index contributed by atoms with van der Waals surface area (Å²) in [6.07, 6.45) is 3.48. The Morgan fingerprint density at radius 1 is 1.11 bits per heavy atom. The van der Waals surface area contributed by atoms with Crippen molar-refractivity contribution in [3.8, 4) is 11.8 Å². The summed E-state index contributed by atoms with van der Waals surface area (Å²) in [4.78, 5) is 7.28. The predicted molar refractivity (Wildman–Crippen MR) is 77.9 cm³/mol. The van der Waals surface area contributed by atoms with Crippen LogP contribution in [0, 0.1) is 11.8 Å². The van der Waals surface area contributed by atoms with Gasteiger partial charge in [0.1, 0.15) is 5.65 Å². The Labute approximate surface area is 115 Å². The van der Waals surface area contributed by atoms with Crippen LogP contribution in [0.4, 0.5) is 5.69 Å². The van der Waals surface area contributed by atoms with Gasteiger partial charge in [-0.25, -0.2) is 4.98 Å². The van der Waals surface area contributed by atoms with Crippen LogP contribution in [0.3, 0.4) is 0 Å². The van der Waals surface area contributed by atoms with E-state index in [2.05, 4.69) is 21.8 Å². The van der Waals surface area contributed by atoms with Crippen LogP contribution in [-0.4, -0.2) is 9.97 Å². The van der Waals surface area contributed by atoms with Gasteiger partial charge in [0, 0.05) is 29.0 Å². The third kappa shape index (κ3) is 2.26. The van der Waals surface area contributed by atoms with Crippen LogP contribution in [0.25, 0.3) is 11.0 Å². The largest absolute Gasteiger partial charge is 0.399 e. The zero-order chi connectivity index (χ0) is 13.2. The van der Waals surface area contributed by atoms with E-state index in [1.165, 1.54) is 0 Å². The van der Waals surface area contributed by atoms with Gasteiger partial charge >= 0.3 is 0 Å². The number of H-pyrrole nitrogens is 1. The standard InChI is InChI=1S/C15H10ClN3/c16-14-11(9-19-15-13(14)7-8-18-15)4-1-10-2-5-12(17)6-3-10/h2-3,5-9H,17H2,(H,18,19). The SMILES string of the molecule is Nc1ccc(C#Cc2cnc3[nH]ccc3c2Cl)cc1. The second-order valence-corrected chi connectivity index (χ2v) is 4.48. The lowest BCUT2D eigenvalue weighted by Gasteiger charge is -1.97. The molecule has 0 saturated carbocycles. The smallest absolute Gasteiger partial charge is 0.138 e. The number of anilines is 1. The van der Waals surface area contributed by atoms with Crippen molar-refractivity contribution in [2.75, 3.05) is 5.73 Å². The Morgan fingerprint density at radius 3 is 2.68 bits per heavy atom. The van der Waals surface area contributed by atoms with Crippen LogP contribution in [0.1, 0.15) is 11.1 Å². The average molecular weight is 268 g/mol. The number of nitrogens with zero attached hydrogens (tertiary/aromatic N) is 1. The molecular weight excluding hydrogens is 258 g/mol. The predicted octanol–water partition coefficient (Wildman–Crippen LogP) is 3.20. The summed E-state index contributed by atoms with van der Waals surface area (Å²) in [5, 5.41) is 1.50. The number of aromatic nitrogens is 2. The lowest BCUT2D eigenvalue weighted by Crippen LogP contribution is -1.85. The average Bonchev–Trinajstić information content (AvgIpc) is 2.89. The van der Waals surface area contributed by atoms with Gasteiger partial charge < -0.3 is 10.7 Å². The fourth-order valence-electron chi connectivity index (χ4n) is 1.77. The minimum Gasteiger partial charge on any atom is -0.399 e. The van der Waals surface area contributed by atoms with E-state index in [0.717, 1.165) is 22.3 Å². The molecule has 3 aromatic rings. The Balaban J connectivity index is 2.02. The molecule has 2 aromatic heterocycles. The van der Waals surface area contributed by atoms with Crippen molar-refractivity contribution < 1.29 is 0 Å². The van der Waals surface area contributed by atoms with E-state index in [0.29, 0.717) is 10.6 Å². The molecule has 0 aliphatic heterocycles. The van der Waals surface area contributed by atoms with Gasteiger partial charge in [-0.2, -0.15) is 0 Å². The van der Waals surface area contributed by atoms with Crippen LogP contribution in [-0.2, 0) is 0 Å². The van der Waals surface area contributed by atoms with Crippen LogP contribution >= 0.6 is 11.6 Å². The molecule has 92 valence electrons. The van der Waals surface area contributed by atoms with E-state index in [1.807, 2.05) is 30.3 Å². The molecule has 0 unspecified atom stereocenters. The maximum absolute atomic E-state index is 6.29. The van der Waals surface area contributed by atoms with Crippen molar-refractivity contribution in [2.24, 2.45) is 0 Å². The van der Waals surface area contributed by atoms with Gasteiger partial charge in [0.05, 0.1) is 10.6 Å². The minimum absolute atomic E-state index is 0.620. The minimum atomic E-state index is 0.620. The monoisotopic (exact) mass is 267 g/mol. The van der Waals surface area contributed by atoms with Gasteiger partial charge in [-0.3, -0.25) is 0 Å². The summed E-state index contributed by atoms with van der Waals surface area (Å²) in [5.41, 5.74) is 8.72. The zero-order valence-electron chi connectivity index (χ0n) is 9.94. The van der Waals surface area contributed by atoms with Crippen LogP contribution in [0.2, 0.25) is 5.02 Å². The highest BCUT2D eigenvalue weighted by Crippen LogP contribution is 2.24. The second kappa shape index (κ2) is 4.68. The molecule has 2 heterocycles. The van der Waals surface area contributed by atoms with E-state index < -0.39 is 0 Å². The summed E-state index contributed by atoms with van der Waals surface area (Å²) < 4.78 is 0. The van der Waals surface area contributed by atoms with Crippen molar-refractivity contribution in [1.82, 2.24) is 9.97 Å². The summed E-state index contributed by atoms with van der Waals surface area (Å²) in [6, 6.07) is 9.27. The molecule has 0 spiro atoms. The van der Waals surface area contributed by atoms with Crippen LogP contribution in [0.15, 0.2) is 42.7 Å². The molecule has 0 radical (unpaired) electrons. The third-order valence-corrected chi connectivity index (χ3v) is 3.18. The van der Waals surface area contributed by atoms with Crippen molar-refractivity contribution >= 4 is 28.3 Å². The number of benzene rings is 1. The van der Waals surface area contributed by atoms with Gasteiger partial charge in [-0.1, -0.05) is 23.4 Å². The van der Waals surface area contributed by atoms with E-state index >= 15 is 0 Å². The number of pyridine rings is 1. The molecule has 0 aliphatic rings. The van der Waals surface area contributed by atoms with Crippen LogP contribution < -0.4 is 5.73 Å². The Kier molecular flexibility index (Phi) is 2.86. The van der Waals surface area contributed by atoms with Gasteiger partial charge in [-0.05, 0) is 30.3 Å². The first-order valence-electron chi connectivity index (χ1n) is 5.73. The Bertz CT molecular complexity index is 792. The maximum Gasteiger partial charge on any atom is 0.138 e. The van der Waals surface area contributed by atoms with Crippen LogP contribution in [0.5, 0.6) is 0 Å². The number of hydrogen-bond donors (Lipinski definition) is 2. The quantitative estimate of drug-likeness (QED) is 0.485. The number of hydrogen-bond acceptors (Lipinski definition) is 2. The highest BCUT2D eigenvalue weighted by Gasteiger charge is 2.05. The summed E-state index contributed by atoms with van der Waals surface area (Å²) in [6.45, 7) is 0. The van der Waals surface area contributed by atoms with E-state index in [4.69, 9.17) is 17.3 Å². The number of rotatable bonds is 0. The highest BCUT2D eigenvalue weighted by atomic mass is 35.5. The normalized spacial score (nSPS) is 10.2. The maximum atomic E-state index is 6.29. The van der Waals surface area contributed by atoms with Crippen molar-refractivity contribution in [1.29, 1.82) is 0 Å². The van der Waals surface area contributed by atoms with Crippen molar-refractivity contribution in [2.45, 2.75) is 0 Å². The Hall–Kier alpha value is -2.44. The number of aromatic amines is 1. The number of nitrogens with one attached hydrogen (secondary N) is 1. The lowest BCUT2D eigenvalue weighted by atomic mass is 10.2. The molecule has 3 rings (SSSR count). The van der Waals surface area contributed by atoms with Gasteiger partial charge in [0.15, 0.2) is 0 Å². The molecule has 0 atom stereocenters. The molecule has 4 heteroatoms. The number of fused-ring (bicyclic) bond motifs is 1. The summed E-state index contributed by atoms with van der Waals surface area (Å²) in [5.74, 6) is 6.08. The van der Waals surface area contributed by atoms with E-state index in [-0.39, 0.29) is 0 Å². The summed E-state index contributed by atoms with van der Waals surface area (Å²) in [7, 11) is 0. The van der Waals surface area contributed by atoms with Crippen molar-refractivity contribution in [3.63, 3.8) is 0 Å². The molecule has 0 fully saturated rings. The molecule has 0 saturated heterocycles. The topological polar surface area (TPSA) is 54.7 Å². The molecule has 0 bridgehead atoms. The summed E-state index contributed by atoms with van der Waals surface area (Å²) >= 11 is 6.29. The third-order valence-electron chi connectivity index (χ3n) is 2.77. The zero-order valence-corrected chi connectivity index (χ0v) is 10.7. The molecule has 0 aliphatic carbocycles. The first-order chi connectivity index (χ1) is 9.24. The molecule has 0 amide bonds. The highest BCUT2D eigenvalue weighted by molar-refractivity contribution is 6.36. The molecule has 1 aromatic carbocycles. The molecule has 19 heavy (non-hydrogen) atoms. The first kappa shape index (κ1) is 11.6. The lowest BCUT2D eigenvalue weighted by molar-refractivity contribution is 1.32. The van der Waals surface area contributed by atoms with Gasteiger partial charge in [0.2, 0.25) is 0 Å². The van der Waals surface area contributed by atoms with E-state index in [9.17, 15) is 0 Å².